The van der Waals surface area contributed by atoms with Crippen LogP contribution in [0.1, 0.15) is 50.8 Å². The molecule has 0 nitrogen and oxygen atoms in total. The van der Waals surface area contributed by atoms with Crippen molar-refractivity contribution >= 4 is 6.08 Å². The number of fused-ring (bicyclic) bond motifs is 1. The van der Waals surface area contributed by atoms with Crippen LogP contribution in [0, 0.1) is 0 Å². The summed E-state index contributed by atoms with van der Waals surface area (Å²) in [7, 11) is 0. The van der Waals surface area contributed by atoms with Crippen molar-refractivity contribution in [1.82, 2.24) is 0 Å². The van der Waals surface area contributed by atoms with E-state index in [9.17, 15) is 0 Å². The molecule has 0 spiro atoms. The molecular formula is C21H24. The molecule has 0 amide bonds. The van der Waals surface area contributed by atoms with E-state index < -0.39 is 0 Å². The molecule has 21 heavy (non-hydrogen) atoms. The fourth-order valence-corrected chi connectivity index (χ4v) is 3.27. The highest BCUT2D eigenvalue weighted by molar-refractivity contribution is 5.82. The van der Waals surface area contributed by atoms with Crippen molar-refractivity contribution in [3.05, 3.63) is 64.7 Å². The normalized spacial score (nSPS) is 14.0. The molecule has 0 aliphatic heterocycles. The van der Waals surface area contributed by atoms with Crippen molar-refractivity contribution in [3.8, 4) is 11.1 Å². The van der Waals surface area contributed by atoms with Gasteiger partial charge in [-0.2, -0.15) is 0 Å². The minimum Gasteiger partial charge on any atom is -0.0655 e. The SMILES string of the molecule is CCC1=Cc2c(cccc2-c2ccccc2C(C)(C)C)C1. The third-order valence-electron chi connectivity index (χ3n) is 4.44. The van der Waals surface area contributed by atoms with Crippen LogP contribution in [0.5, 0.6) is 0 Å². The van der Waals surface area contributed by atoms with Gasteiger partial charge in [0, 0.05) is 0 Å². The van der Waals surface area contributed by atoms with Crippen LogP contribution < -0.4 is 0 Å². The van der Waals surface area contributed by atoms with Crippen molar-refractivity contribution in [2.24, 2.45) is 0 Å². The Kier molecular flexibility index (Phi) is 3.49. The smallest absolute Gasteiger partial charge is 0.00577 e. The predicted octanol–water partition coefficient (Wildman–Crippen LogP) is 6.00. The van der Waals surface area contributed by atoms with Crippen LogP contribution in [0.3, 0.4) is 0 Å². The molecule has 0 unspecified atom stereocenters. The highest BCUT2D eigenvalue weighted by Crippen LogP contribution is 2.39. The maximum atomic E-state index is 2.41. The quantitative estimate of drug-likeness (QED) is 0.631. The van der Waals surface area contributed by atoms with E-state index in [-0.39, 0.29) is 5.41 Å². The standard InChI is InChI=1S/C21H24/c1-5-15-13-16-9-8-11-17(19(16)14-15)18-10-6-7-12-20(18)21(2,3)4/h6-12,14H,5,13H2,1-4H3. The number of hydrogen-bond donors (Lipinski definition) is 0. The molecule has 0 atom stereocenters. The summed E-state index contributed by atoms with van der Waals surface area (Å²) in [6, 6.07) is 15.6. The maximum Gasteiger partial charge on any atom is -0.00577 e. The van der Waals surface area contributed by atoms with E-state index >= 15 is 0 Å². The molecule has 0 aromatic heterocycles. The summed E-state index contributed by atoms with van der Waals surface area (Å²) >= 11 is 0. The van der Waals surface area contributed by atoms with Crippen LogP contribution in [0.4, 0.5) is 0 Å². The van der Waals surface area contributed by atoms with Gasteiger partial charge in [-0.1, -0.05) is 81.8 Å². The summed E-state index contributed by atoms with van der Waals surface area (Å²) in [5.41, 5.74) is 8.83. The van der Waals surface area contributed by atoms with Crippen LogP contribution in [0.25, 0.3) is 17.2 Å². The van der Waals surface area contributed by atoms with E-state index in [2.05, 4.69) is 76.2 Å². The molecule has 1 aliphatic rings. The minimum absolute atomic E-state index is 0.162. The molecule has 0 fully saturated rings. The number of rotatable bonds is 2. The van der Waals surface area contributed by atoms with Crippen molar-refractivity contribution in [3.63, 3.8) is 0 Å². The molecule has 3 rings (SSSR count). The second kappa shape index (κ2) is 5.18. The number of hydrogen-bond acceptors (Lipinski definition) is 0. The van der Waals surface area contributed by atoms with Gasteiger partial charge in [-0.3, -0.25) is 0 Å². The molecular weight excluding hydrogens is 252 g/mol. The van der Waals surface area contributed by atoms with Crippen molar-refractivity contribution in [1.29, 1.82) is 0 Å². The van der Waals surface area contributed by atoms with Gasteiger partial charge in [0.2, 0.25) is 0 Å². The summed E-state index contributed by atoms with van der Waals surface area (Å²) in [4.78, 5) is 0. The van der Waals surface area contributed by atoms with E-state index in [4.69, 9.17) is 0 Å². The topological polar surface area (TPSA) is 0 Å². The summed E-state index contributed by atoms with van der Waals surface area (Å²) in [5.74, 6) is 0. The molecule has 0 saturated heterocycles. The second-order valence-electron chi connectivity index (χ2n) is 7.01. The minimum atomic E-state index is 0.162. The second-order valence-corrected chi connectivity index (χ2v) is 7.01. The lowest BCUT2D eigenvalue weighted by atomic mass is 9.81. The van der Waals surface area contributed by atoms with Crippen molar-refractivity contribution in [2.75, 3.05) is 0 Å². The van der Waals surface area contributed by atoms with E-state index in [0.717, 1.165) is 12.8 Å². The maximum absolute atomic E-state index is 2.41. The molecule has 0 saturated carbocycles. The van der Waals surface area contributed by atoms with E-state index in [1.165, 1.54) is 27.8 Å². The van der Waals surface area contributed by atoms with Gasteiger partial charge in [-0.15, -0.1) is 0 Å². The lowest BCUT2D eigenvalue weighted by molar-refractivity contribution is 0.592. The number of benzene rings is 2. The van der Waals surface area contributed by atoms with Crippen LogP contribution in [0.15, 0.2) is 48.0 Å². The van der Waals surface area contributed by atoms with E-state index in [1.807, 2.05) is 0 Å². The average molecular weight is 276 g/mol. The van der Waals surface area contributed by atoms with Gasteiger partial charge in [0.15, 0.2) is 0 Å². The highest BCUT2D eigenvalue weighted by atomic mass is 14.3. The number of allylic oxidation sites excluding steroid dienone is 1. The van der Waals surface area contributed by atoms with Crippen LogP contribution >= 0.6 is 0 Å². The summed E-state index contributed by atoms with van der Waals surface area (Å²) in [5, 5.41) is 0. The predicted molar refractivity (Wildman–Crippen MR) is 92.6 cm³/mol. The first-order valence-corrected chi connectivity index (χ1v) is 7.92. The average Bonchev–Trinajstić information content (AvgIpc) is 2.89. The fourth-order valence-electron chi connectivity index (χ4n) is 3.27. The van der Waals surface area contributed by atoms with Gasteiger partial charge in [0.1, 0.15) is 0 Å². The molecule has 0 heteroatoms. The largest absolute Gasteiger partial charge is 0.0655 e. The Morgan fingerprint density at radius 1 is 0.905 bits per heavy atom. The zero-order valence-electron chi connectivity index (χ0n) is 13.5. The first-order valence-electron chi connectivity index (χ1n) is 7.92. The lowest BCUT2D eigenvalue weighted by Crippen LogP contribution is -2.12. The van der Waals surface area contributed by atoms with Crippen molar-refractivity contribution < 1.29 is 0 Å². The van der Waals surface area contributed by atoms with E-state index in [1.54, 1.807) is 5.57 Å². The molecule has 2 aromatic carbocycles. The van der Waals surface area contributed by atoms with Gasteiger partial charge in [-0.05, 0) is 46.1 Å². The Hall–Kier alpha value is -1.82. The summed E-state index contributed by atoms with van der Waals surface area (Å²) < 4.78 is 0. The molecule has 0 N–H and O–H groups in total. The van der Waals surface area contributed by atoms with Crippen LogP contribution in [-0.2, 0) is 11.8 Å². The Balaban J connectivity index is 2.21. The van der Waals surface area contributed by atoms with E-state index in [0.29, 0.717) is 0 Å². The van der Waals surface area contributed by atoms with Gasteiger partial charge < -0.3 is 0 Å². The summed E-state index contributed by atoms with van der Waals surface area (Å²) in [6.45, 7) is 9.13. The van der Waals surface area contributed by atoms with Gasteiger partial charge >= 0.3 is 0 Å². The van der Waals surface area contributed by atoms with Crippen molar-refractivity contribution in [2.45, 2.75) is 46.0 Å². The Labute approximate surface area is 128 Å². The first kappa shape index (κ1) is 14.1. The molecule has 0 radical (unpaired) electrons. The monoisotopic (exact) mass is 276 g/mol. The molecule has 0 heterocycles. The Morgan fingerprint density at radius 3 is 2.33 bits per heavy atom. The molecule has 1 aliphatic carbocycles. The molecule has 108 valence electrons. The Bertz CT molecular complexity index is 696. The zero-order chi connectivity index (χ0) is 15.0. The van der Waals surface area contributed by atoms with Crippen LogP contribution in [-0.4, -0.2) is 0 Å². The highest BCUT2D eigenvalue weighted by Gasteiger charge is 2.21. The zero-order valence-corrected chi connectivity index (χ0v) is 13.5. The fraction of sp³-hybridized carbons (Fsp3) is 0.333. The van der Waals surface area contributed by atoms with Crippen LogP contribution in [0.2, 0.25) is 0 Å². The molecule has 2 aromatic rings. The first-order chi connectivity index (χ1) is 10.0. The third-order valence-corrected chi connectivity index (χ3v) is 4.44. The summed E-state index contributed by atoms with van der Waals surface area (Å²) in [6.07, 6.45) is 4.68. The van der Waals surface area contributed by atoms with Gasteiger partial charge in [-0.25, -0.2) is 0 Å². The van der Waals surface area contributed by atoms with Gasteiger partial charge in [0.25, 0.3) is 0 Å². The Morgan fingerprint density at radius 2 is 1.62 bits per heavy atom. The van der Waals surface area contributed by atoms with Gasteiger partial charge in [0.05, 0.1) is 0 Å². The lowest BCUT2D eigenvalue weighted by Gasteiger charge is -2.24. The molecule has 0 bridgehead atoms. The third kappa shape index (κ3) is 2.55.